The second kappa shape index (κ2) is 6.42. The van der Waals surface area contributed by atoms with Crippen molar-refractivity contribution in [1.29, 1.82) is 0 Å². The molecule has 0 aliphatic carbocycles. The van der Waals surface area contributed by atoms with Crippen molar-refractivity contribution in [3.8, 4) is 0 Å². The standard InChI is InChI=1S/C17H24FNO2/c1-2-20-15-11-16(13-4-3-5-14(18)10-13)21-17(12-15)6-8-19-9-7-17/h3-5,10,15-16,19H,2,6-9,11-12H2,1H3/t15-,16-/m1/s1. The molecule has 0 amide bonds. The zero-order valence-corrected chi connectivity index (χ0v) is 12.6. The van der Waals surface area contributed by atoms with E-state index in [1.165, 1.54) is 6.07 Å². The lowest BCUT2D eigenvalue weighted by atomic mass is 9.81. The van der Waals surface area contributed by atoms with E-state index in [0.717, 1.165) is 50.9 Å². The molecule has 3 nitrogen and oxygen atoms in total. The highest BCUT2D eigenvalue weighted by atomic mass is 19.1. The first-order valence-corrected chi connectivity index (χ1v) is 7.96. The molecular weight excluding hydrogens is 269 g/mol. The summed E-state index contributed by atoms with van der Waals surface area (Å²) in [5.41, 5.74) is 0.817. The molecule has 4 heteroatoms. The Morgan fingerprint density at radius 3 is 2.90 bits per heavy atom. The van der Waals surface area contributed by atoms with Crippen LogP contribution in [0.1, 0.15) is 44.3 Å². The second-order valence-corrected chi connectivity index (χ2v) is 6.11. The Bertz CT molecular complexity index is 474. The van der Waals surface area contributed by atoms with E-state index in [-0.39, 0.29) is 23.6 Å². The smallest absolute Gasteiger partial charge is 0.123 e. The first-order chi connectivity index (χ1) is 10.2. The van der Waals surface area contributed by atoms with Crippen LogP contribution >= 0.6 is 0 Å². The van der Waals surface area contributed by atoms with Crippen LogP contribution in [0.4, 0.5) is 4.39 Å². The first kappa shape index (κ1) is 14.9. The lowest BCUT2D eigenvalue weighted by molar-refractivity contribution is -0.185. The number of nitrogens with one attached hydrogen (secondary N) is 1. The molecule has 2 atom stereocenters. The monoisotopic (exact) mass is 293 g/mol. The van der Waals surface area contributed by atoms with Gasteiger partial charge in [0.15, 0.2) is 0 Å². The van der Waals surface area contributed by atoms with Gasteiger partial charge in [-0.15, -0.1) is 0 Å². The summed E-state index contributed by atoms with van der Waals surface area (Å²) in [6, 6.07) is 6.78. The van der Waals surface area contributed by atoms with Crippen molar-refractivity contribution in [2.75, 3.05) is 19.7 Å². The van der Waals surface area contributed by atoms with Gasteiger partial charge in [-0.2, -0.15) is 0 Å². The summed E-state index contributed by atoms with van der Waals surface area (Å²) in [7, 11) is 0. The molecule has 0 aromatic heterocycles. The number of benzene rings is 1. The van der Waals surface area contributed by atoms with Gasteiger partial charge in [-0.1, -0.05) is 12.1 Å². The van der Waals surface area contributed by atoms with Crippen LogP contribution in [0.3, 0.4) is 0 Å². The van der Waals surface area contributed by atoms with Crippen LogP contribution in [-0.2, 0) is 9.47 Å². The highest BCUT2D eigenvalue weighted by Crippen LogP contribution is 2.42. The van der Waals surface area contributed by atoms with Crippen LogP contribution in [-0.4, -0.2) is 31.4 Å². The Morgan fingerprint density at radius 1 is 1.38 bits per heavy atom. The van der Waals surface area contributed by atoms with Gasteiger partial charge < -0.3 is 14.8 Å². The van der Waals surface area contributed by atoms with Gasteiger partial charge in [-0.3, -0.25) is 0 Å². The van der Waals surface area contributed by atoms with Crippen LogP contribution in [0.25, 0.3) is 0 Å². The van der Waals surface area contributed by atoms with E-state index >= 15 is 0 Å². The summed E-state index contributed by atoms with van der Waals surface area (Å²) in [4.78, 5) is 0. The fourth-order valence-electron chi connectivity index (χ4n) is 3.61. The molecule has 0 radical (unpaired) electrons. The molecule has 0 saturated carbocycles. The Morgan fingerprint density at radius 2 is 2.19 bits per heavy atom. The summed E-state index contributed by atoms with van der Waals surface area (Å²) in [5.74, 6) is -0.200. The Kier molecular flexibility index (Phi) is 4.57. The molecule has 1 spiro atoms. The second-order valence-electron chi connectivity index (χ2n) is 6.11. The van der Waals surface area contributed by atoms with Crippen molar-refractivity contribution in [3.63, 3.8) is 0 Å². The van der Waals surface area contributed by atoms with Crippen molar-refractivity contribution in [1.82, 2.24) is 5.32 Å². The normalized spacial score (nSPS) is 28.7. The molecular formula is C17H24FNO2. The van der Waals surface area contributed by atoms with Gasteiger partial charge in [-0.25, -0.2) is 4.39 Å². The molecule has 1 aromatic carbocycles. The van der Waals surface area contributed by atoms with E-state index in [1.54, 1.807) is 12.1 Å². The molecule has 2 aliphatic heterocycles. The summed E-state index contributed by atoms with van der Waals surface area (Å²) in [6.07, 6.45) is 3.91. The average molecular weight is 293 g/mol. The third kappa shape index (κ3) is 3.44. The van der Waals surface area contributed by atoms with Gasteiger partial charge in [0.05, 0.1) is 17.8 Å². The minimum absolute atomic E-state index is 0.0656. The predicted octanol–water partition coefficient (Wildman–Crippen LogP) is 3.20. The maximum absolute atomic E-state index is 13.5. The number of piperidine rings is 1. The highest BCUT2D eigenvalue weighted by molar-refractivity contribution is 5.20. The maximum atomic E-state index is 13.5. The fraction of sp³-hybridized carbons (Fsp3) is 0.647. The third-order valence-corrected chi connectivity index (χ3v) is 4.61. The third-order valence-electron chi connectivity index (χ3n) is 4.61. The molecule has 0 unspecified atom stereocenters. The molecule has 1 N–H and O–H groups in total. The van der Waals surface area contributed by atoms with Crippen LogP contribution in [0, 0.1) is 5.82 Å². The number of rotatable bonds is 3. The summed E-state index contributed by atoms with van der Waals surface area (Å²) < 4.78 is 25.8. The van der Waals surface area contributed by atoms with Crippen LogP contribution in [0.15, 0.2) is 24.3 Å². The number of hydrogen-bond donors (Lipinski definition) is 1. The molecule has 2 saturated heterocycles. The van der Waals surface area contributed by atoms with Gasteiger partial charge in [-0.05, 0) is 50.6 Å². The van der Waals surface area contributed by atoms with Crippen molar-refractivity contribution < 1.29 is 13.9 Å². The zero-order valence-electron chi connectivity index (χ0n) is 12.6. The first-order valence-electron chi connectivity index (χ1n) is 7.96. The molecule has 2 aliphatic rings. The SMILES string of the molecule is CCO[C@@H]1C[C@H](c2cccc(F)c2)OC2(CCNCC2)C1. The summed E-state index contributed by atoms with van der Waals surface area (Å²) in [5, 5.41) is 3.39. The average Bonchev–Trinajstić information content (AvgIpc) is 2.48. The van der Waals surface area contributed by atoms with Crippen LogP contribution in [0.5, 0.6) is 0 Å². The van der Waals surface area contributed by atoms with E-state index in [2.05, 4.69) is 5.32 Å². The van der Waals surface area contributed by atoms with Crippen LogP contribution < -0.4 is 5.32 Å². The van der Waals surface area contributed by atoms with Gasteiger partial charge in [0, 0.05) is 19.4 Å². The van der Waals surface area contributed by atoms with Crippen molar-refractivity contribution in [2.24, 2.45) is 0 Å². The predicted molar refractivity (Wildman–Crippen MR) is 79.7 cm³/mol. The number of hydrogen-bond acceptors (Lipinski definition) is 3. The lowest BCUT2D eigenvalue weighted by Crippen LogP contribution is -2.50. The van der Waals surface area contributed by atoms with Gasteiger partial charge in [0.2, 0.25) is 0 Å². The molecule has 21 heavy (non-hydrogen) atoms. The van der Waals surface area contributed by atoms with E-state index in [4.69, 9.17) is 9.47 Å². The van der Waals surface area contributed by atoms with Crippen LogP contribution in [0.2, 0.25) is 0 Å². The largest absolute Gasteiger partial charge is 0.378 e. The van der Waals surface area contributed by atoms with E-state index < -0.39 is 0 Å². The Balaban J connectivity index is 1.82. The molecule has 2 heterocycles. The quantitative estimate of drug-likeness (QED) is 0.928. The van der Waals surface area contributed by atoms with Crippen molar-refractivity contribution in [3.05, 3.63) is 35.6 Å². The highest BCUT2D eigenvalue weighted by Gasteiger charge is 2.43. The topological polar surface area (TPSA) is 30.5 Å². The molecule has 3 rings (SSSR count). The van der Waals surface area contributed by atoms with Gasteiger partial charge >= 0.3 is 0 Å². The van der Waals surface area contributed by atoms with Crippen molar-refractivity contribution in [2.45, 2.75) is 50.4 Å². The summed E-state index contributed by atoms with van der Waals surface area (Å²) >= 11 is 0. The van der Waals surface area contributed by atoms with Gasteiger partial charge in [0.1, 0.15) is 5.82 Å². The fourth-order valence-corrected chi connectivity index (χ4v) is 3.61. The molecule has 1 aromatic rings. The Labute approximate surface area is 125 Å². The van der Waals surface area contributed by atoms with Gasteiger partial charge in [0.25, 0.3) is 0 Å². The minimum Gasteiger partial charge on any atom is -0.378 e. The molecule has 2 fully saturated rings. The molecule has 0 bridgehead atoms. The van der Waals surface area contributed by atoms with E-state index in [9.17, 15) is 4.39 Å². The van der Waals surface area contributed by atoms with Crippen molar-refractivity contribution >= 4 is 0 Å². The zero-order chi connectivity index (χ0) is 14.7. The Hall–Kier alpha value is -0.970. The lowest BCUT2D eigenvalue weighted by Gasteiger charge is -2.47. The molecule has 116 valence electrons. The minimum atomic E-state index is -0.200. The number of halogens is 1. The number of ether oxygens (including phenoxy) is 2. The van der Waals surface area contributed by atoms with E-state index in [0.29, 0.717) is 0 Å². The van der Waals surface area contributed by atoms with E-state index in [1.807, 2.05) is 13.0 Å². The maximum Gasteiger partial charge on any atom is 0.123 e. The summed E-state index contributed by atoms with van der Waals surface area (Å²) in [6.45, 7) is 4.71.